The van der Waals surface area contributed by atoms with E-state index in [2.05, 4.69) is 65.3 Å². The summed E-state index contributed by atoms with van der Waals surface area (Å²) >= 11 is 0. The molecule has 4 aliphatic rings. The Bertz CT molecular complexity index is 839. The fraction of sp³-hybridized carbons (Fsp3) is 0.846. The molecule has 0 aliphatic heterocycles. The van der Waals surface area contributed by atoms with Gasteiger partial charge in [0.25, 0.3) is 0 Å². The lowest BCUT2D eigenvalue weighted by Gasteiger charge is -2.64. The molecule has 0 aromatic rings. The van der Waals surface area contributed by atoms with E-state index in [0.29, 0.717) is 6.42 Å². The molecule has 0 heterocycles. The highest BCUT2D eigenvalue weighted by atomic mass is 28.4. The fourth-order valence-corrected chi connectivity index (χ4v) is 9.58. The van der Waals surface area contributed by atoms with Gasteiger partial charge in [-0.2, -0.15) is 0 Å². The van der Waals surface area contributed by atoms with E-state index in [1.165, 1.54) is 0 Å². The molecule has 7 atom stereocenters. The van der Waals surface area contributed by atoms with Crippen LogP contribution in [0.15, 0.2) is 23.5 Å². The first kappa shape index (κ1) is 24.7. The molecule has 0 radical (unpaired) electrons. The van der Waals surface area contributed by atoms with Crippen molar-refractivity contribution in [1.82, 2.24) is 0 Å². The van der Waals surface area contributed by atoms with Gasteiger partial charge in [0, 0.05) is 23.2 Å². The number of aliphatic hydroxyl groups is 1. The largest absolute Gasteiger partial charge is 0.547 e. The Morgan fingerprint density at radius 1 is 1.00 bits per heavy atom. The minimum Gasteiger partial charge on any atom is -0.547 e. The zero-order chi connectivity index (χ0) is 24.0. The molecule has 0 aromatic heterocycles. The summed E-state index contributed by atoms with van der Waals surface area (Å²) in [5.41, 5.74) is -1.98. The summed E-state index contributed by atoms with van der Waals surface area (Å²) in [5, 5.41) is 11.4. The number of halogens is 1. The first-order valence-electron chi connectivity index (χ1n) is 12.6. The molecule has 2 saturated carbocycles. The van der Waals surface area contributed by atoms with E-state index in [1.807, 2.05) is 6.92 Å². The van der Waals surface area contributed by atoms with Gasteiger partial charge in [0.1, 0.15) is 5.67 Å². The van der Waals surface area contributed by atoms with Crippen molar-refractivity contribution in [2.24, 2.45) is 22.7 Å². The van der Waals surface area contributed by atoms with Gasteiger partial charge in [0.05, 0.1) is 17.5 Å². The van der Waals surface area contributed by atoms with Crippen LogP contribution >= 0.6 is 0 Å². The highest BCUT2D eigenvalue weighted by Crippen LogP contribution is 2.70. The highest BCUT2D eigenvalue weighted by molar-refractivity contribution is 6.70. The van der Waals surface area contributed by atoms with Crippen molar-refractivity contribution in [3.05, 3.63) is 23.5 Å². The predicted molar refractivity (Wildman–Crippen MR) is 134 cm³/mol. The third kappa shape index (κ3) is 3.63. The lowest BCUT2D eigenvalue weighted by molar-refractivity contribution is -0.213. The van der Waals surface area contributed by atoms with Crippen LogP contribution in [0.2, 0.25) is 39.3 Å². The van der Waals surface area contributed by atoms with Gasteiger partial charge in [0.15, 0.2) is 8.32 Å². The van der Waals surface area contributed by atoms with E-state index in [9.17, 15) is 5.11 Å². The van der Waals surface area contributed by atoms with E-state index in [4.69, 9.17) is 8.85 Å². The van der Waals surface area contributed by atoms with Crippen LogP contribution in [0.25, 0.3) is 0 Å². The SMILES string of the molecule is CC12C[C@H](O[Si](C)(C)C)[C@@]3(F)C(CC=C4C=C(O[Si](C)(C)C)CCC43C)C1CC[C@]2(C)O. The van der Waals surface area contributed by atoms with Gasteiger partial charge in [-0.25, -0.2) is 4.39 Å². The zero-order valence-electron chi connectivity index (χ0n) is 21.8. The highest BCUT2D eigenvalue weighted by Gasteiger charge is 2.72. The van der Waals surface area contributed by atoms with Crippen molar-refractivity contribution >= 4 is 16.6 Å². The second-order valence-corrected chi connectivity index (χ2v) is 22.6. The molecule has 0 saturated heterocycles. The lowest BCUT2D eigenvalue weighted by atomic mass is 9.45. The zero-order valence-corrected chi connectivity index (χ0v) is 23.8. The average molecular weight is 481 g/mol. The summed E-state index contributed by atoms with van der Waals surface area (Å²) < 4.78 is 31.0. The van der Waals surface area contributed by atoms with Crippen LogP contribution in [-0.2, 0) is 8.85 Å². The number of rotatable bonds is 4. The van der Waals surface area contributed by atoms with Crippen molar-refractivity contribution in [3.63, 3.8) is 0 Å². The first-order chi connectivity index (χ1) is 14.4. The van der Waals surface area contributed by atoms with E-state index in [-0.39, 0.29) is 17.3 Å². The monoisotopic (exact) mass is 480 g/mol. The Labute approximate surface area is 197 Å². The van der Waals surface area contributed by atoms with E-state index >= 15 is 4.39 Å². The molecule has 4 rings (SSSR count). The Morgan fingerprint density at radius 3 is 2.25 bits per heavy atom. The van der Waals surface area contributed by atoms with Crippen LogP contribution in [0.4, 0.5) is 4.39 Å². The second-order valence-electron chi connectivity index (χ2n) is 13.7. The van der Waals surface area contributed by atoms with Crippen LogP contribution in [0, 0.1) is 22.7 Å². The van der Waals surface area contributed by atoms with E-state index in [0.717, 1.165) is 43.4 Å². The van der Waals surface area contributed by atoms with Crippen molar-refractivity contribution in [1.29, 1.82) is 0 Å². The van der Waals surface area contributed by atoms with Crippen LogP contribution in [-0.4, -0.2) is 39.1 Å². The third-order valence-corrected chi connectivity index (χ3v) is 11.2. The minimum absolute atomic E-state index is 0.113. The van der Waals surface area contributed by atoms with Gasteiger partial charge in [-0.1, -0.05) is 19.9 Å². The van der Waals surface area contributed by atoms with Gasteiger partial charge in [0.2, 0.25) is 8.32 Å². The average Bonchev–Trinajstić information content (AvgIpc) is 2.84. The number of allylic oxidation sites excluding steroid dienone is 4. The Hall–Kier alpha value is -0.436. The number of hydrogen-bond donors (Lipinski definition) is 1. The van der Waals surface area contributed by atoms with Gasteiger partial charge < -0.3 is 14.0 Å². The minimum atomic E-state index is -2.00. The molecule has 1 N–H and O–H groups in total. The number of alkyl halides is 1. The Balaban J connectivity index is 1.81. The normalized spacial score (nSPS) is 46.5. The number of fused-ring (bicyclic) bond motifs is 5. The number of hydrogen-bond acceptors (Lipinski definition) is 3. The molecule has 0 bridgehead atoms. The van der Waals surface area contributed by atoms with Crippen molar-refractivity contribution in [3.8, 4) is 0 Å². The molecule has 0 spiro atoms. The van der Waals surface area contributed by atoms with Gasteiger partial charge in [-0.15, -0.1) is 0 Å². The summed E-state index contributed by atoms with van der Waals surface area (Å²) in [6, 6.07) is 0. The molecule has 4 unspecified atom stereocenters. The summed E-state index contributed by atoms with van der Waals surface area (Å²) in [7, 11) is -3.71. The fourth-order valence-electron chi connectivity index (χ4n) is 7.52. The smallest absolute Gasteiger partial charge is 0.241 e. The maximum atomic E-state index is 18.0. The third-order valence-electron chi connectivity index (χ3n) is 9.29. The van der Waals surface area contributed by atoms with Crippen molar-refractivity contribution in [2.45, 2.75) is 116 Å². The summed E-state index contributed by atoms with van der Waals surface area (Å²) in [6.07, 6.45) is 8.49. The Morgan fingerprint density at radius 2 is 1.66 bits per heavy atom. The maximum absolute atomic E-state index is 18.0. The van der Waals surface area contributed by atoms with Crippen LogP contribution in [0.1, 0.15) is 59.3 Å². The molecular weight excluding hydrogens is 435 g/mol. The van der Waals surface area contributed by atoms with Crippen LogP contribution in [0.5, 0.6) is 0 Å². The molecule has 0 aromatic carbocycles. The van der Waals surface area contributed by atoms with Gasteiger partial charge in [-0.05, 0) is 95.9 Å². The topological polar surface area (TPSA) is 38.7 Å². The van der Waals surface area contributed by atoms with E-state index < -0.39 is 39.4 Å². The summed E-state index contributed by atoms with van der Waals surface area (Å²) in [5.74, 6) is 1.10. The second kappa shape index (κ2) is 7.28. The lowest BCUT2D eigenvalue weighted by Crippen LogP contribution is -2.69. The molecule has 0 amide bonds. The van der Waals surface area contributed by atoms with Crippen molar-refractivity contribution in [2.75, 3.05) is 0 Å². The van der Waals surface area contributed by atoms with Crippen molar-refractivity contribution < 1.29 is 18.3 Å². The molecule has 2 fully saturated rings. The van der Waals surface area contributed by atoms with Crippen LogP contribution < -0.4 is 0 Å². The quantitative estimate of drug-likeness (QED) is 0.442. The predicted octanol–water partition coefficient (Wildman–Crippen LogP) is 6.97. The molecule has 6 heteroatoms. The van der Waals surface area contributed by atoms with Crippen LogP contribution in [0.3, 0.4) is 0 Å². The van der Waals surface area contributed by atoms with E-state index in [1.54, 1.807) is 0 Å². The maximum Gasteiger partial charge on any atom is 0.241 e. The Kier molecular flexibility index (Phi) is 5.62. The van der Waals surface area contributed by atoms with Gasteiger partial charge in [-0.3, -0.25) is 0 Å². The molecular formula is C26H45FO3Si2. The first-order valence-corrected chi connectivity index (χ1v) is 19.4. The molecule has 32 heavy (non-hydrogen) atoms. The molecule has 182 valence electrons. The standard InChI is InChI=1S/C26H45FO3Si2/c1-23-14-12-19(29-31(4,5)6)16-18(23)10-11-21-20-13-15-25(3,28)24(20,2)17-22(26(21,23)27)30-32(7,8)9/h10,16,20-22,28H,11-15,17H2,1-9H3/t20?,21?,22-,23?,24?,25-,26-/m0/s1. The molecule has 3 nitrogen and oxygen atoms in total. The van der Waals surface area contributed by atoms with Gasteiger partial charge >= 0.3 is 0 Å². The summed E-state index contributed by atoms with van der Waals surface area (Å²) in [4.78, 5) is 0. The molecule has 4 aliphatic carbocycles. The summed E-state index contributed by atoms with van der Waals surface area (Å²) in [6.45, 7) is 19.4.